The second-order valence-corrected chi connectivity index (χ2v) is 2.87. The predicted octanol–water partition coefficient (Wildman–Crippen LogP) is 2.18. The number of halogens is 1. The number of benzene rings is 1. The molecule has 2 aromatic rings. The van der Waals surface area contributed by atoms with E-state index in [-0.39, 0.29) is 0 Å². The Morgan fingerprint density at radius 3 is 3.15 bits per heavy atom. The number of aliphatic imine (C=N–C) groups is 1. The lowest BCUT2D eigenvalue weighted by molar-refractivity contribution is 0.565. The average Bonchev–Trinajstić information content (AvgIpc) is 2.49. The van der Waals surface area contributed by atoms with Crippen molar-refractivity contribution in [1.82, 2.24) is 10.2 Å². The van der Waals surface area contributed by atoms with E-state index in [1.165, 1.54) is 6.08 Å². The quantitative estimate of drug-likeness (QED) is 0.558. The lowest BCUT2D eigenvalue weighted by Gasteiger charge is -1.88. The molecule has 1 aromatic carbocycles. The van der Waals surface area contributed by atoms with E-state index in [9.17, 15) is 4.79 Å². The van der Waals surface area contributed by atoms with E-state index in [0.717, 1.165) is 5.39 Å². The number of hydrogen-bond acceptors (Lipinski definition) is 3. The number of aromatic amines is 1. The lowest BCUT2D eigenvalue weighted by Crippen LogP contribution is -1.67. The predicted molar refractivity (Wildman–Crippen MR) is 48.9 cm³/mol. The van der Waals surface area contributed by atoms with Crippen LogP contribution in [0.2, 0.25) is 5.02 Å². The van der Waals surface area contributed by atoms with Gasteiger partial charge in [-0.15, -0.1) is 4.99 Å². The molecule has 2 rings (SSSR count). The van der Waals surface area contributed by atoms with Crippen molar-refractivity contribution in [3.8, 4) is 0 Å². The third-order valence-corrected chi connectivity index (χ3v) is 1.89. The van der Waals surface area contributed by atoms with Gasteiger partial charge in [-0.2, -0.15) is 5.10 Å². The van der Waals surface area contributed by atoms with Gasteiger partial charge in [-0.1, -0.05) is 11.6 Å². The van der Waals surface area contributed by atoms with Gasteiger partial charge in [0.25, 0.3) is 0 Å². The van der Waals surface area contributed by atoms with Crippen LogP contribution in [0.25, 0.3) is 10.9 Å². The number of aromatic nitrogens is 2. The SMILES string of the molecule is O=C=Nc1[nH]nc2cc(Cl)ccc12. The molecule has 0 radical (unpaired) electrons. The molecule has 0 aliphatic carbocycles. The zero-order valence-corrected chi connectivity index (χ0v) is 7.17. The van der Waals surface area contributed by atoms with Crippen molar-refractivity contribution < 1.29 is 4.79 Å². The standard InChI is InChI=1S/C8H4ClN3O/c9-5-1-2-6-7(3-5)11-12-8(6)10-4-13/h1-3H,(H,11,12). The molecular formula is C8H4ClN3O. The summed E-state index contributed by atoms with van der Waals surface area (Å²) in [6, 6.07) is 5.15. The van der Waals surface area contributed by atoms with E-state index in [2.05, 4.69) is 15.2 Å². The number of carbonyl (C=O) groups excluding carboxylic acids is 1. The van der Waals surface area contributed by atoms with Crippen LogP contribution >= 0.6 is 11.6 Å². The molecule has 64 valence electrons. The van der Waals surface area contributed by atoms with Gasteiger partial charge in [0.1, 0.15) is 0 Å². The fourth-order valence-electron chi connectivity index (χ4n) is 1.10. The summed E-state index contributed by atoms with van der Waals surface area (Å²) in [4.78, 5) is 13.5. The van der Waals surface area contributed by atoms with Gasteiger partial charge in [-0.25, -0.2) is 4.79 Å². The number of isocyanates is 1. The van der Waals surface area contributed by atoms with E-state index in [0.29, 0.717) is 16.4 Å². The molecule has 0 saturated carbocycles. The van der Waals surface area contributed by atoms with Crippen LogP contribution in [-0.4, -0.2) is 16.3 Å². The fraction of sp³-hybridized carbons (Fsp3) is 0. The van der Waals surface area contributed by atoms with Gasteiger partial charge in [0.05, 0.1) is 5.52 Å². The summed E-state index contributed by atoms with van der Waals surface area (Å²) in [7, 11) is 0. The maximum atomic E-state index is 10.0. The summed E-state index contributed by atoms with van der Waals surface area (Å²) >= 11 is 5.74. The molecule has 13 heavy (non-hydrogen) atoms. The Hall–Kier alpha value is -1.64. The molecular weight excluding hydrogens is 190 g/mol. The van der Waals surface area contributed by atoms with Crippen LogP contribution in [-0.2, 0) is 4.79 Å². The van der Waals surface area contributed by atoms with Crippen LogP contribution in [0.3, 0.4) is 0 Å². The number of fused-ring (bicyclic) bond motifs is 1. The number of hydrogen-bond donors (Lipinski definition) is 1. The van der Waals surface area contributed by atoms with Gasteiger partial charge in [0.15, 0.2) is 5.82 Å². The minimum atomic E-state index is 0.404. The highest BCUT2D eigenvalue weighted by molar-refractivity contribution is 6.31. The van der Waals surface area contributed by atoms with E-state index in [4.69, 9.17) is 11.6 Å². The van der Waals surface area contributed by atoms with Gasteiger partial charge < -0.3 is 0 Å². The highest BCUT2D eigenvalue weighted by atomic mass is 35.5. The maximum Gasteiger partial charge on any atom is 0.242 e. The summed E-state index contributed by atoms with van der Waals surface area (Å²) < 4.78 is 0. The normalized spacial score (nSPS) is 9.92. The molecule has 0 atom stereocenters. The summed E-state index contributed by atoms with van der Waals surface area (Å²) in [5, 5.41) is 7.88. The summed E-state index contributed by atoms with van der Waals surface area (Å²) in [5.74, 6) is 0.404. The van der Waals surface area contributed by atoms with Crippen LogP contribution in [0.1, 0.15) is 0 Å². The average molecular weight is 194 g/mol. The molecule has 0 unspecified atom stereocenters. The largest absolute Gasteiger partial charge is 0.259 e. The minimum absolute atomic E-state index is 0.404. The highest BCUT2D eigenvalue weighted by Gasteiger charge is 2.03. The van der Waals surface area contributed by atoms with Gasteiger partial charge in [-0.3, -0.25) is 5.10 Å². The molecule has 1 N–H and O–H groups in total. The smallest absolute Gasteiger partial charge is 0.242 e. The summed E-state index contributed by atoms with van der Waals surface area (Å²) in [6.45, 7) is 0. The van der Waals surface area contributed by atoms with Crippen molar-refractivity contribution in [1.29, 1.82) is 0 Å². The third-order valence-electron chi connectivity index (χ3n) is 1.65. The van der Waals surface area contributed by atoms with Crippen LogP contribution in [0.4, 0.5) is 5.82 Å². The Balaban J connectivity index is 2.75. The molecule has 0 amide bonds. The van der Waals surface area contributed by atoms with Crippen molar-refractivity contribution in [2.75, 3.05) is 0 Å². The Morgan fingerprint density at radius 1 is 1.54 bits per heavy atom. The molecule has 0 aliphatic rings. The first-order valence-corrected chi connectivity index (χ1v) is 3.90. The highest BCUT2D eigenvalue weighted by Crippen LogP contribution is 2.24. The van der Waals surface area contributed by atoms with Crippen LogP contribution in [0, 0.1) is 0 Å². The molecule has 0 bridgehead atoms. The topological polar surface area (TPSA) is 58.1 Å². The second-order valence-electron chi connectivity index (χ2n) is 2.44. The van der Waals surface area contributed by atoms with Gasteiger partial charge in [0, 0.05) is 10.4 Å². The summed E-state index contributed by atoms with van der Waals surface area (Å²) in [6.07, 6.45) is 1.45. The Morgan fingerprint density at radius 2 is 2.38 bits per heavy atom. The van der Waals surface area contributed by atoms with Gasteiger partial charge in [0.2, 0.25) is 6.08 Å². The first-order chi connectivity index (χ1) is 6.31. The molecule has 1 aromatic heterocycles. The van der Waals surface area contributed by atoms with E-state index >= 15 is 0 Å². The van der Waals surface area contributed by atoms with Crippen LogP contribution in [0.5, 0.6) is 0 Å². The third kappa shape index (κ3) is 1.33. The molecule has 0 spiro atoms. The number of nitrogens with one attached hydrogen (secondary N) is 1. The fourth-order valence-corrected chi connectivity index (χ4v) is 1.27. The van der Waals surface area contributed by atoms with E-state index < -0.39 is 0 Å². The minimum Gasteiger partial charge on any atom is -0.259 e. The maximum absolute atomic E-state index is 10.0. The van der Waals surface area contributed by atoms with Crippen molar-refractivity contribution in [3.63, 3.8) is 0 Å². The van der Waals surface area contributed by atoms with Gasteiger partial charge in [-0.05, 0) is 18.2 Å². The Labute approximate surface area is 78.2 Å². The molecule has 0 saturated heterocycles. The van der Waals surface area contributed by atoms with Crippen molar-refractivity contribution in [2.24, 2.45) is 4.99 Å². The number of nitrogens with zero attached hydrogens (tertiary/aromatic N) is 2. The number of H-pyrrole nitrogens is 1. The molecule has 0 fully saturated rings. The number of rotatable bonds is 1. The molecule has 1 heterocycles. The molecule has 4 nitrogen and oxygen atoms in total. The van der Waals surface area contributed by atoms with Crippen molar-refractivity contribution in [3.05, 3.63) is 23.2 Å². The summed E-state index contributed by atoms with van der Waals surface area (Å²) in [5.41, 5.74) is 0.682. The first-order valence-electron chi connectivity index (χ1n) is 3.53. The zero-order chi connectivity index (χ0) is 9.26. The van der Waals surface area contributed by atoms with Gasteiger partial charge >= 0.3 is 0 Å². The lowest BCUT2D eigenvalue weighted by atomic mass is 10.2. The zero-order valence-electron chi connectivity index (χ0n) is 6.41. The first kappa shape index (κ1) is 7.98. The monoisotopic (exact) mass is 193 g/mol. The Kier molecular flexibility index (Phi) is 1.85. The molecule has 5 heteroatoms. The van der Waals surface area contributed by atoms with E-state index in [1.54, 1.807) is 18.2 Å². The van der Waals surface area contributed by atoms with Crippen LogP contribution in [0.15, 0.2) is 23.2 Å². The Bertz CT molecular complexity index is 499. The van der Waals surface area contributed by atoms with Crippen molar-refractivity contribution >= 4 is 34.4 Å². The molecule has 0 aliphatic heterocycles. The van der Waals surface area contributed by atoms with Crippen LogP contribution < -0.4 is 0 Å². The van der Waals surface area contributed by atoms with E-state index in [1.807, 2.05) is 0 Å². The van der Waals surface area contributed by atoms with Crippen molar-refractivity contribution in [2.45, 2.75) is 0 Å². The second kappa shape index (κ2) is 3.01.